The second-order valence-electron chi connectivity index (χ2n) is 5.42. The van der Waals surface area contributed by atoms with Gasteiger partial charge in [0, 0.05) is 11.4 Å². The third-order valence-corrected chi connectivity index (χ3v) is 4.09. The Morgan fingerprint density at radius 2 is 1.76 bits per heavy atom. The van der Waals surface area contributed by atoms with Gasteiger partial charge in [0.1, 0.15) is 5.75 Å². The van der Waals surface area contributed by atoms with Crippen LogP contribution in [0, 0.1) is 0 Å². The summed E-state index contributed by atoms with van der Waals surface area (Å²) in [4.78, 5) is 0. The molecular formula is C17H17ClO3. The molecule has 4 heteroatoms. The van der Waals surface area contributed by atoms with Gasteiger partial charge in [-0.1, -0.05) is 35.9 Å². The molecule has 3 rings (SSSR count). The molecule has 0 aromatic heterocycles. The number of aliphatic hydroxyl groups is 1. The molecule has 1 aliphatic rings. The molecular weight excluding hydrogens is 288 g/mol. The molecule has 0 spiro atoms. The minimum Gasteiger partial charge on any atom is -0.508 e. The molecule has 1 saturated heterocycles. The zero-order chi connectivity index (χ0) is 14.8. The van der Waals surface area contributed by atoms with E-state index in [2.05, 4.69) is 6.07 Å². The molecule has 2 aromatic rings. The molecule has 21 heavy (non-hydrogen) atoms. The van der Waals surface area contributed by atoms with Gasteiger partial charge in [0.05, 0.1) is 6.10 Å². The van der Waals surface area contributed by atoms with E-state index in [1.54, 1.807) is 12.1 Å². The van der Waals surface area contributed by atoms with Crippen LogP contribution in [0.25, 0.3) is 0 Å². The molecule has 1 heterocycles. The lowest BCUT2D eigenvalue weighted by Gasteiger charge is -2.32. The van der Waals surface area contributed by atoms with Crippen molar-refractivity contribution in [3.05, 3.63) is 64.2 Å². The fourth-order valence-corrected chi connectivity index (χ4v) is 2.74. The monoisotopic (exact) mass is 304 g/mol. The van der Waals surface area contributed by atoms with Crippen molar-refractivity contribution >= 4 is 11.6 Å². The summed E-state index contributed by atoms with van der Waals surface area (Å²) in [5, 5.41) is 19.2. The van der Waals surface area contributed by atoms with Gasteiger partial charge >= 0.3 is 0 Å². The molecule has 1 aliphatic heterocycles. The van der Waals surface area contributed by atoms with Gasteiger partial charge in [-0.05, 0) is 47.7 Å². The molecule has 2 unspecified atom stereocenters. The molecule has 2 aromatic carbocycles. The standard InChI is InChI=1S/C17H17ClO3/c18-16-6-3-12(9-15-10-17(20)21-15)8-13(16)7-11-1-4-14(19)5-2-11/h1-6,8,15,17,19-20H,7,9-10H2. The summed E-state index contributed by atoms with van der Waals surface area (Å²) in [5.74, 6) is 0.263. The van der Waals surface area contributed by atoms with Crippen LogP contribution >= 0.6 is 11.6 Å². The largest absolute Gasteiger partial charge is 0.508 e. The Kier molecular flexibility index (Phi) is 4.15. The van der Waals surface area contributed by atoms with E-state index >= 15 is 0 Å². The predicted molar refractivity (Wildman–Crippen MR) is 81.6 cm³/mol. The van der Waals surface area contributed by atoms with Crippen LogP contribution in [0.15, 0.2) is 42.5 Å². The average molecular weight is 305 g/mol. The van der Waals surface area contributed by atoms with Gasteiger partial charge in [0.2, 0.25) is 0 Å². The fourth-order valence-electron chi connectivity index (χ4n) is 2.55. The number of aromatic hydroxyl groups is 1. The Bertz CT molecular complexity index is 618. The zero-order valence-electron chi connectivity index (χ0n) is 11.5. The van der Waals surface area contributed by atoms with Gasteiger partial charge in [-0.25, -0.2) is 0 Å². The number of ether oxygens (including phenoxy) is 1. The zero-order valence-corrected chi connectivity index (χ0v) is 12.3. The summed E-state index contributed by atoms with van der Waals surface area (Å²) < 4.78 is 5.24. The Balaban J connectivity index is 1.73. The molecule has 2 atom stereocenters. The van der Waals surface area contributed by atoms with Crippen LogP contribution in [-0.4, -0.2) is 22.6 Å². The normalized spacial score (nSPS) is 21.0. The number of halogens is 1. The van der Waals surface area contributed by atoms with Crippen molar-refractivity contribution in [2.24, 2.45) is 0 Å². The fraction of sp³-hybridized carbons (Fsp3) is 0.294. The number of phenols is 1. The second kappa shape index (κ2) is 6.06. The smallest absolute Gasteiger partial charge is 0.157 e. The highest BCUT2D eigenvalue weighted by atomic mass is 35.5. The van der Waals surface area contributed by atoms with Crippen LogP contribution in [0.1, 0.15) is 23.1 Å². The quantitative estimate of drug-likeness (QED) is 0.911. The highest BCUT2D eigenvalue weighted by molar-refractivity contribution is 6.31. The Morgan fingerprint density at radius 1 is 1.10 bits per heavy atom. The van der Waals surface area contributed by atoms with E-state index in [1.807, 2.05) is 24.3 Å². The molecule has 0 saturated carbocycles. The van der Waals surface area contributed by atoms with Crippen LogP contribution in [0.4, 0.5) is 0 Å². The van der Waals surface area contributed by atoms with Gasteiger partial charge in [-0.15, -0.1) is 0 Å². The lowest BCUT2D eigenvalue weighted by Crippen LogP contribution is -2.38. The van der Waals surface area contributed by atoms with Crippen molar-refractivity contribution in [2.45, 2.75) is 31.7 Å². The highest BCUT2D eigenvalue weighted by Gasteiger charge is 2.27. The molecule has 2 N–H and O–H groups in total. The van der Waals surface area contributed by atoms with E-state index in [1.165, 1.54) is 0 Å². The van der Waals surface area contributed by atoms with Crippen LogP contribution in [0.3, 0.4) is 0 Å². The van der Waals surface area contributed by atoms with E-state index < -0.39 is 6.29 Å². The third-order valence-electron chi connectivity index (χ3n) is 3.72. The van der Waals surface area contributed by atoms with Crippen LogP contribution < -0.4 is 0 Å². The molecule has 0 aliphatic carbocycles. The SMILES string of the molecule is Oc1ccc(Cc2cc(CC3CC(O)O3)ccc2Cl)cc1. The van der Waals surface area contributed by atoms with E-state index in [0.29, 0.717) is 6.42 Å². The minimum absolute atomic E-state index is 0.0997. The summed E-state index contributed by atoms with van der Waals surface area (Å²) in [6.45, 7) is 0. The van der Waals surface area contributed by atoms with E-state index in [0.717, 1.165) is 34.6 Å². The summed E-state index contributed by atoms with van der Waals surface area (Å²) in [6.07, 6.45) is 1.70. The molecule has 3 nitrogen and oxygen atoms in total. The van der Waals surface area contributed by atoms with E-state index in [-0.39, 0.29) is 11.9 Å². The number of benzene rings is 2. The van der Waals surface area contributed by atoms with Crippen LogP contribution in [0.2, 0.25) is 5.02 Å². The maximum absolute atomic E-state index is 9.32. The first-order valence-electron chi connectivity index (χ1n) is 6.99. The lowest BCUT2D eigenvalue weighted by molar-refractivity contribution is -0.230. The molecule has 0 radical (unpaired) electrons. The summed E-state index contributed by atoms with van der Waals surface area (Å²) >= 11 is 6.26. The molecule has 0 bridgehead atoms. The highest BCUT2D eigenvalue weighted by Crippen LogP contribution is 2.26. The number of rotatable bonds is 4. The third kappa shape index (κ3) is 3.56. The van der Waals surface area contributed by atoms with E-state index in [9.17, 15) is 5.11 Å². The topological polar surface area (TPSA) is 49.7 Å². The van der Waals surface area contributed by atoms with Crippen molar-refractivity contribution in [3.63, 3.8) is 0 Å². The van der Waals surface area contributed by atoms with Gasteiger partial charge in [0.25, 0.3) is 0 Å². The van der Waals surface area contributed by atoms with E-state index in [4.69, 9.17) is 21.4 Å². The van der Waals surface area contributed by atoms with Crippen LogP contribution in [0.5, 0.6) is 5.75 Å². The van der Waals surface area contributed by atoms with Crippen molar-refractivity contribution in [1.29, 1.82) is 0 Å². The Hall–Kier alpha value is -1.55. The number of aliphatic hydroxyl groups excluding tert-OH is 1. The average Bonchev–Trinajstić information content (AvgIpc) is 2.43. The number of hydrogen-bond donors (Lipinski definition) is 2. The Morgan fingerprint density at radius 3 is 2.43 bits per heavy atom. The van der Waals surface area contributed by atoms with Gasteiger partial charge < -0.3 is 14.9 Å². The number of phenolic OH excluding ortho intramolecular Hbond substituents is 1. The summed E-state index contributed by atoms with van der Waals surface area (Å²) in [5.41, 5.74) is 3.31. The second-order valence-corrected chi connectivity index (χ2v) is 5.83. The molecule has 110 valence electrons. The van der Waals surface area contributed by atoms with Crippen molar-refractivity contribution in [3.8, 4) is 5.75 Å². The van der Waals surface area contributed by atoms with Crippen molar-refractivity contribution in [2.75, 3.05) is 0 Å². The first kappa shape index (κ1) is 14.4. The molecule has 1 fully saturated rings. The minimum atomic E-state index is -0.598. The maximum atomic E-state index is 9.32. The van der Waals surface area contributed by atoms with Gasteiger partial charge in [-0.2, -0.15) is 0 Å². The summed E-state index contributed by atoms with van der Waals surface area (Å²) in [7, 11) is 0. The van der Waals surface area contributed by atoms with Crippen molar-refractivity contribution in [1.82, 2.24) is 0 Å². The first-order valence-corrected chi connectivity index (χ1v) is 7.36. The number of hydrogen-bond acceptors (Lipinski definition) is 3. The maximum Gasteiger partial charge on any atom is 0.157 e. The van der Waals surface area contributed by atoms with Crippen molar-refractivity contribution < 1.29 is 14.9 Å². The lowest BCUT2D eigenvalue weighted by atomic mass is 9.97. The Labute approximate surface area is 128 Å². The van der Waals surface area contributed by atoms with Crippen LogP contribution in [-0.2, 0) is 17.6 Å². The molecule has 0 amide bonds. The van der Waals surface area contributed by atoms with Gasteiger partial charge in [-0.3, -0.25) is 0 Å². The summed E-state index contributed by atoms with van der Waals surface area (Å²) in [6, 6.07) is 13.1. The predicted octanol–water partition coefficient (Wildman–Crippen LogP) is 3.29. The first-order chi connectivity index (χ1) is 10.1. The van der Waals surface area contributed by atoms with Gasteiger partial charge in [0.15, 0.2) is 6.29 Å².